The fraction of sp³-hybridized carbons (Fsp3) is 0.143. The third kappa shape index (κ3) is 1.99. The monoisotopic (exact) mass is 270 g/mol. The van der Waals surface area contributed by atoms with Crippen molar-refractivity contribution in [1.82, 2.24) is 0 Å². The predicted molar refractivity (Wildman–Crippen MR) is 88.6 cm³/mol. The Hall–Kier alpha value is -2.34. The fourth-order valence-electron chi connectivity index (χ4n) is 3.64. The molecule has 21 heavy (non-hydrogen) atoms. The number of benzene rings is 3. The minimum atomic E-state index is 0.486. The molecule has 0 heteroatoms. The number of fused-ring (bicyclic) bond motifs is 3. The minimum Gasteiger partial charge on any atom is -0.0622 e. The maximum absolute atomic E-state index is 2.29. The second kappa shape index (κ2) is 4.89. The molecule has 4 rings (SSSR count). The Kier molecular flexibility index (Phi) is 2.89. The van der Waals surface area contributed by atoms with Gasteiger partial charge in [-0.2, -0.15) is 0 Å². The zero-order valence-electron chi connectivity index (χ0n) is 12.2. The standard InChI is InChI=1S/C21H18/c1-15-8-7-13-19-17-11-5-6-12-18(17)20(21(15)19)14-16-9-3-2-4-10-16/h2-13,20H,14H2,1H3. The van der Waals surface area contributed by atoms with Crippen molar-refractivity contribution in [3.63, 3.8) is 0 Å². The molecule has 0 heterocycles. The zero-order valence-corrected chi connectivity index (χ0v) is 12.2. The highest BCUT2D eigenvalue weighted by Gasteiger charge is 2.29. The molecule has 3 aromatic carbocycles. The molecular formula is C21H18. The van der Waals surface area contributed by atoms with Crippen LogP contribution in [0, 0.1) is 6.92 Å². The SMILES string of the molecule is Cc1cccc2c1C(Cc1ccccc1)c1ccccc1-2. The Balaban J connectivity index is 1.87. The number of rotatable bonds is 2. The van der Waals surface area contributed by atoms with Crippen molar-refractivity contribution >= 4 is 0 Å². The normalized spacial score (nSPS) is 15.6. The van der Waals surface area contributed by atoms with Gasteiger partial charge < -0.3 is 0 Å². The van der Waals surface area contributed by atoms with E-state index >= 15 is 0 Å². The van der Waals surface area contributed by atoms with Gasteiger partial charge in [0.1, 0.15) is 0 Å². The van der Waals surface area contributed by atoms with Gasteiger partial charge in [0.2, 0.25) is 0 Å². The van der Waals surface area contributed by atoms with Crippen molar-refractivity contribution in [2.45, 2.75) is 19.3 Å². The van der Waals surface area contributed by atoms with Crippen LogP contribution in [0.1, 0.15) is 28.2 Å². The minimum absolute atomic E-state index is 0.486. The Morgan fingerprint density at radius 2 is 1.43 bits per heavy atom. The molecule has 0 bridgehead atoms. The highest BCUT2D eigenvalue weighted by atomic mass is 14.3. The van der Waals surface area contributed by atoms with E-state index in [9.17, 15) is 0 Å². The topological polar surface area (TPSA) is 0 Å². The molecule has 0 saturated carbocycles. The van der Waals surface area contributed by atoms with Gasteiger partial charge in [-0.3, -0.25) is 0 Å². The first kappa shape index (κ1) is 12.4. The van der Waals surface area contributed by atoms with Gasteiger partial charge in [0, 0.05) is 5.92 Å². The lowest BCUT2D eigenvalue weighted by molar-refractivity contribution is 0.820. The smallest absolute Gasteiger partial charge is 0.0145 e. The first-order valence-corrected chi connectivity index (χ1v) is 7.57. The van der Waals surface area contributed by atoms with Crippen molar-refractivity contribution in [2.75, 3.05) is 0 Å². The second-order valence-electron chi connectivity index (χ2n) is 5.87. The molecule has 1 aliphatic rings. The van der Waals surface area contributed by atoms with Gasteiger partial charge in [0.15, 0.2) is 0 Å². The van der Waals surface area contributed by atoms with E-state index in [1.54, 1.807) is 0 Å². The van der Waals surface area contributed by atoms with Crippen molar-refractivity contribution < 1.29 is 0 Å². The lowest BCUT2D eigenvalue weighted by atomic mass is 9.88. The lowest BCUT2D eigenvalue weighted by Gasteiger charge is -2.15. The summed E-state index contributed by atoms with van der Waals surface area (Å²) in [5.41, 5.74) is 8.65. The number of aryl methyl sites for hydroxylation is 1. The first-order chi connectivity index (χ1) is 10.3. The lowest BCUT2D eigenvalue weighted by Crippen LogP contribution is -2.03. The maximum atomic E-state index is 2.29. The van der Waals surface area contributed by atoms with Crippen molar-refractivity contribution in [3.8, 4) is 11.1 Å². The molecule has 0 N–H and O–H groups in total. The van der Waals surface area contributed by atoms with Crippen molar-refractivity contribution in [2.24, 2.45) is 0 Å². The highest BCUT2D eigenvalue weighted by Crippen LogP contribution is 2.47. The fourth-order valence-corrected chi connectivity index (χ4v) is 3.64. The molecule has 0 saturated heterocycles. The van der Waals surface area contributed by atoms with Crippen LogP contribution in [0.25, 0.3) is 11.1 Å². The van der Waals surface area contributed by atoms with Gasteiger partial charge in [0.25, 0.3) is 0 Å². The molecule has 0 amide bonds. The summed E-state index contributed by atoms with van der Waals surface area (Å²) in [6.07, 6.45) is 1.08. The van der Waals surface area contributed by atoms with Crippen LogP contribution in [-0.2, 0) is 6.42 Å². The van der Waals surface area contributed by atoms with E-state index in [1.165, 1.54) is 33.4 Å². The van der Waals surface area contributed by atoms with Crippen LogP contribution in [0.3, 0.4) is 0 Å². The van der Waals surface area contributed by atoms with Crippen LogP contribution >= 0.6 is 0 Å². The van der Waals surface area contributed by atoms with E-state index in [-0.39, 0.29) is 0 Å². The van der Waals surface area contributed by atoms with Gasteiger partial charge in [-0.15, -0.1) is 0 Å². The van der Waals surface area contributed by atoms with Gasteiger partial charge in [-0.25, -0.2) is 0 Å². The number of hydrogen-bond acceptors (Lipinski definition) is 0. The average molecular weight is 270 g/mol. The quantitative estimate of drug-likeness (QED) is 0.589. The molecule has 0 nitrogen and oxygen atoms in total. The van der Waals surface area contributed by atoms with Crippen LogP contribution in [0.5, 0.6) is 0 Å². The van der Waals surface area contributed by atoms with Gasteiger partial charge in [-0.05, 0) is 46.7 Å². The third-order valence-electron chi connectivity index (χ3n) is 4.58. The molecule has 1 atom stereocenters. The van der Waals surface area contributed by atoms with Crippen LogP contribution in [0.15, 0.2) is 72.8 Å². The van der Waals surface area contributed by atoms with Crippen molar-refractivity contribution in [3.05, 3.63) is 95.1 Å². The molecule has 3 aromatic rings. The summed E-state index contributed by atoms with van der Waals surface area (Å²) in [6, 6.07) is 26.4. The summed E-state index contributed by atoms with van der Waals surface area (Å²) in [7, 11) is 0. The average Bonchev–Trinajstić information content (AvgIpc) is 2.84. The summed E-state index contributed by atoms with van der Waals surface area (Å²) >= 11 is 0. The summed E-state index contributed by atoms with van der Waals surface area (Å²) in [5, 5.41) is 0. The van der Waals surface area contributed by atoms with Gasteiger partial charge in [0.05, 0.1) is 0 Å². The molecule has 0 spiro atoms. The van der Waals surface area contributed by atoms with E-state index in [0.717, 1.165) is 6.42 Å². The summed E-state index contributed by atoms with van der Waals surface area (Å²) < 4.78 is 0. The Morgan fingerprint density at radius 3 is 2.29 bits per heavy atom. The molecule has 0 aromatic heterocycles. The van der Waals surface area contributed by atoms with E-state index in [1.807, 2.05) is 0 Å². The summed E-state index contributed by atoms with van der Waals surface area (Å²) in [5.74, 6) is 0.486. The van der Waals surface area contributed by atoms with Crippen LogP contribution in [-0.4, -0.2) is 0 Å². The zero-order chi connectivity index (χ0) is 14.2. The van der Waals surface area contributed by atoms with Crippen LogP contribution < -0.4 is 0 Å². The molecular weight excluding hydrogens is 252 g/mol. The van der Waals surface area contributed by atoms with E-state index in [4.69, 9.17) is 0 Å². The maximum Gasteiger partial charge on any atom is 0.0145 e. The Bertz CT molecular complexity index is 784. The Labute approximate surface area is 126 Å². The predicted octanol–water partition coefficient (Wildman–Crippen LogP) is 5.35. The highest BCUT2D eigenvalue weighted by molar-refractivity contribution is 5.80. The first-order valence-electron chi connectivity index (χ1n) is 7.57. The van der Waals surface area contributed by atoms with E-state index < -0.39 is 0 Å². The van der Waals surface area contributed by atoms with E-state index in [0.29, 0.717) is 5.92 Å². The largest absolute Gasteiger partial charge is 0.0622 e. The summed E-state index contributed by atoms with van der Waals surface area (Å²) in [6.45, 7) is 2.24. The number of hydrogen-bond donors (Lipinski definition) is 0. The molecule has 0 aliphatic heterocycles. The molecule has 1 unspecified atom stereocenters. The third-order valence-corrected chi connectivity index (χ3v) is 4.58. The molecule has 1 aliphatic carbocycles. The van der Waals surface area contributed by atoms with Crippen LogP contribution in [0.4, 0.5) is 0 Å². The van der Waals surface area contributed by atoms with Crippen LogP contribution in [0.2, 0.25) is 0 Å². The van der Waals surface area contributed by atoms with E-state index in [2.05, 4.69) is 79.7 Å². The Morgan fingerprint density at radius 1 is 0.714 bits per heavy atom. The summed E-state index contributed by atoms with van der Waals surface area (Å²) in [4.78, 5) is 0. The molecule has 0 radical (unpaired) electrons. The molecule has 102 valence electrons. The van der Waals surface area contributed by atoms with Gasteiger partial charge in [-0.1, -0.05) is 72.8 Å². The van der Waals surface area contributed by atoms with Crippen molar-refractivity contribution in [1.29, 1.82) is 0 Å². The second-order valence-corrected chi connectivity index (χ2v) is 5.87. The van der Waals surface area contributed by atoms with Gasteiger partial charge >= 0.3 is 0 Å². The molecule has 0 fully saturated rings.